The lowest BCUT2D eigenvalue weighted by atomic mass is 10.1. The first kappa shape index (κ1) is 19.1. The quantitative estimate of drug-likeness (QED) is 0.703. The number of halogens is 3. The van der Waals surface area contributed by atoms with E-state index in [1.165, 1.54) is 23.9 Å². The van der Waals surface area contributed by atoms with Gasteiger partial charge in [-0.25, -0.2) is 12.8 Å². The molecule has 9 heteroatoms. The minimum atomic E-state index is -3.13. The molecule has 4 nitrogen and oxygen atoms in total. The van der Waals surface area contributed by atoms with E-state index in [9.17, 15) is 12.8 Å². The summed E-state index contributed by atoms with van der Waals surface area (Å²) < 4.78 is 37.3. The van der Waals surface area contributed by atoms with Crippen molar-refractivity contribution in [3.8, 4) is 0 Å². The molecule has 2 aliphatic rings. The molecule has 0 amide bonds. The van der Waals surface area contributed by atoms with Gasteiger partial charge in [-0.05, 0) is 35.9 Å². The zero-order valence-electron chi connectivity index (χ0n) is 14.0. The summed E-state index contributed by atoms with van der Waals surface area (Å²) in [4.78, 5) is 6.58. The van der Waals surface area contributed by atoms with Gasteiger partial charge in [0.15, 0.2) is 15.0 Å². The Balaban J connectivity index is 1.64. The van der Waals surface area contributed by atoms with Crippen LogP contribution in [0.25, 0.3) is 0 Å². The Kier molecular flexibility index (Phi) is 5.14. The monoisotopic (exact) mass is 444 g/mol. The number of fused-ring (bicyclic) bond motifs is 1. The summed E-state index contributed by atoms with van der Waals surface area (Å²) in [7, 11) is -3.13. The average Bonchev–Trinajstić information content (AvgIpc) is 3.04. The minimum Gasteiger partial charge on any atom is -0.315 e. The molecule has 0 spiro atoms. The molecule has 0 aromatic heterocycles. The van der Waals surface area contributed by atoms with Crippen LogP contribution < -0.4 is 4.90 Å². The van der Waals surface area contributed by atoms with Crippen LogP contribution in [0.15, 0.2) is 47.5 Å². The molecule has 0 N–H and O–H groups in total. The molecule has 142 valence electrons. The van der Waals surface area contributed by atoms with Crippen molar-refractivity contribution in [3.63, 3.8) is 0 Å². The summed E-state index contributed by atoms with van der Waals surface area (Å²) in [6.07, 6.45) is 0. The molecule has 0 unspecified atom stereocenters. The average molecular weight is 445 g/mol. The van der Waals surface area contributed by atoms with Gasteiger partial charge in [-0.15, -0.1) is 0 Å². The predicted molar refractivity (Wildman–Crippen MR) is 110 cm³/mol. The van der Waals surface area contributed by atoms with E-state index in [1.54, 1.807) is 30.3 Å². The predicted octanol–water partition coefficient (Wildman–Crippen LogP) is 4.41. The molecule has 0 saturated carbocycles. The van der Waals surface area contributed by atoms with Crippen molar-refractivity contribution >= 4 is 55.7 Å². The normalized spacial score (nSPS) is 23.4. The molecule has 2 atom stereocenters. The molecular formula is C18H15Cl2FN2O2S2. The second-order valence-corrected chi connectivity index (χ2v) is 10.5. The van der Waals surface area contributed by atoms with Gasteiger partial charge in [0.05, 0.1) is 23.6 Å². The summed E-state index contributed by atoms with van der Waals surface area (Å²) in [6, 6.07) is 10.9. The van der Waals surface area contributed by atoms with Crippen LogP contribution in [-0.4, -0.2) is 37.2 Å². The lowest BCUT2D eigenvalue weighted by molar-refractivity contribution is 0.601. The molecule has 1 fully saturated rings. The fourth-order valence-corrected chi connectivity index (χ4v) is 6.78. The highest BCUT2D eigenvalue weighted by Crippen LogP contribution is 2.37. The van der Waals surface area contributed by atoms with Gasteiger partial charge in [-0.2, -0.15) is 0 Å². The second-order valence-electron chi connectivity index (χ2n) is 6.54. The zero-order chi connectivity index (χ0) is 19.2. The van der Waals surface area contributed by atoms with E-state index in [0.717, 1.165) is 16.4 Å². The molecule has 0 radical (unpaired) electrons. The van der Waals surface area contributed by atoms with E-state index >= 15 is 0 Å². The number of amidine groups is 1. The number of benzene rings is 2. The lowest BCUT2D eigenvalue weighted by Crippen LogP contribution is -2.39. The summed E-state index contributed by atoms with van der Waals surface area (Å²) in [5.74, 6) is 0.405. The van der Waals surface area contributed by atoms with Crippen LogP contribution in [0, 0.1) is 5.82 Å². The molecule has 0 aliphatic carbocycles. The maximum Gasteiger partial charge on any atom is 0.164 e. The van der Waals surface area contributed by atoms with Gasteiger partial charge in [-0.3, -0.25) is 4.99 Å². The number of nitrogens with zero attached hydrogens (tertiary/aromatic N) is 2. The summed E-state index contributed by atoms with van der Waals surface area (Å²) >= 11 is 13.8. The van der Waals surface area contributed by atoms with Crippen molar-refractivity contribution in [1.29, 1.82) is 0 Å². The number of thioether (sulfide) groups is 1. The van der Waals surface area contributed by atoms with E-state index in [-0.39, 0.29) is 29.4 Å². The first-order valence-corrected chi connectivity index (χ1v) is 11.8. The third-order valence-corrected chi connectivity index (χ3v) is 7.69. The fourth-order valence-electron chi connectivity index (χ4n) is 3.34. The third-order valence-electron chi connectivity index (χ3n) is 4.51. The van der Waals surface area contributed by atoms with Crippen LogP contribution >= 0.6 is 35.0 Å². The Labute approximate surface area is 171 Å². The zero-order valence-corrected chi connectivity index (χ0v) is 17.1. The minimum absolute atomic E-state index is 0.0447. The number of rotatable bonds is 3. The highest BCUT2D eigenvalue weighted by Gasteiger charge is 2.47. The van der Waals surface area contributed by atoms with E-state index in [1.807, 2.05) is 4.90 Å². The van der Waals surface area contributed by atoms with Gasteiger partial charge in [0, 0.05) is 21.5 Å². The van der Waals surface area contributed by atoms with Gasteiger partial charge in [-0.1, -0.05) is 47.1 Å². The number of hydrogen-bond donors (Lipinski definition) is 0. The van der Waals surface area contributed by atoms with E-state index in [0.29, 0.717) is 15.8 Å². The molecular weight excluding hydrogens is 430 g/mol. The van der Waals surface area contributed by atoms with E-state index in [4.69, 9.17) is 23.2 Å². The van der Waals surface area contributed by atoms with Crippen molar-refractivity contribution < 1.29 is 12.8 Å². The Bertz CT molecular complexity index is 992. The molecule has 4 rings (SSSR count). The Morgan fingerprint density at radius 3 is 2.44 bits per heavy atom. The molecule has 27 heavy (non-hydrogen) atoms. The third kappa shape index (κ3) is 4.11. The van der Waals surface area contributed by atoms with Crippen LogP contribution in [-0.2, 0) is 15.6 Å². The topological polar surface area (TPSA) is 49.7 Å². The second kappa shape index (κ2) is 7.28. The maximum atomic E-state index is 13.1. The van der Waals surface area contributed by atoms with Crippen molar-refractivity contribution in [2.45, 2.75) is 17.8 Å². The Morgan fingerprint density at radius 2 is 1.78 bits per heavy atom. The summed E-state index contributed by atoms with van der Waals surface area (Å²) in [6.45, 7) is 0. The number of sulfone groups is 1. The first-order chi connectivity index (χ1) is 12.8. The highest BCUT2D eigenvalue weighted by atomic mass is 35.5. The lowest BCUT2D eigenvalue weighted by Gasteiger charge is -2.27. The van der Waals surface area contributed by atoms with E-state index in [2.05, 4.69) is 4.99 Å². The highest BCUT2D eigenvalue weighted by molar-refractivity contribution is 8.13. The number of aliphatic imine (C=N–C) groups is 1. The number of hydrogen-bond acceptors (Lipinski definition) is 5. The number of anilines is 1. The van der Waals surface area contributed by atoms with E-state index < -0.39 is 9.84 Å². The van der Waals surface area contributed by atoms with Gasteiger partial charge in [0.1, 0.15) is 5.82 Å². The SMILES string of the molecule is O=S1(=O)C[C@H]2N=C(SCc3ccc(F)cc3)N(c3cc(Cl)cc(Cl)c3)[C@H]2C1. The van der Waals surface area contributed by atoms with Crippen molar-refractivity contribution in [2.24, 2.45) is 4.99 Å². The summed E-state index contributed by atoms with van der Waals surface area (Å²) in [5, 5.41) is 1.68. The van der Waals surface area contributed by atoms with Crippen molar-refractivity contribution in [2.75, 3.05) is 16.4 Å². The first-order valence-electron chi connectivity index (χ1n) is 8.21. The van der Waals surface area contributed by atoms with Crippen molar-refractivity contribution in [1.82, 2.24) is 0 Å². The van der Waals surface area contributed by atoms with Gasteiger partial charge in [0.2, 0.25) is 0 Å². The van der Waals surface area contributed by atoms with Crippen LogP contribution in [0.2, 0.25) is 10.0 Å². The van der Waals surface area contributed by atoms with Crippen molar-refractivity contribution in [3.05, 3.63) is 63.9 Å². The van der Waals surface area contributed by atoms with Gasteiger partial charge in [0.25, 0.3) is 0 Å². The summed E-state index contributed by atoms with van der Waals surface area (Å²) in [5.41, 5.74) is 1.68. The molecule has 2 heterocycles. The van der Waals surface area contributed by atoms with Crippen LogP contribution in [0.4, 0.5) is 10.1 Å². The maximum absolute atomic E-state index is 13.1. The molecule has 2 aliphatic heterocycles. The Hall–Kier alpha value is -1.28. The molecule has 2 aromatic carbocycles. The smallest absolute Gasteiger partial charge is 0.164 e. The van der Waals surface area contributed by atoms with Gasteiger partial charge >= 0.3 is 0 Å². The molecule has 2 aromatic rings. The van der Waals surface area contributed by atoms with Crippen LogP contribution in [0.1, 0.15) is 5.56 Å². The van der Waals surface area contributed by atoms with Gasteiger partial charge < -0.3 is 4.90 Å². The molecule has 1 saturated heterocycles. The van der Waals surface area contributed by atoms with Crippen LogP contribution in [0.5, 0.6) is 0 Å². The Morgan fingerprint density at radius 1 is 1.11 bits per heavy atom. The van der Waals surface area contributed by atoms with Crippen LogP contribution in [0.3, 0.4) is 0 Å². The fraction of sp³-hybridized carbons (Fsp3) is 0.278. The standard InChI is InChI=1S/C18H15Cl2FN2O2S2/c19-12-5-13(20)7-15(6-12)23-17-10-27(24,25)9-16(17)22-18(23)26-8-11-1-3-14(21)4-2-11/h1-7,16-17H,8-10H2/t16-,17+/m1/s1. The molecule has 0 bridgehead atoms. The largest absolute Gasteiger partial charge is 0.315 e.